The van der Waals surface area contributed by atoms with Crippen LogP contribution in [-0.4, -0.2) is 18.2 Å². The fourth-order valence-electron chi connectivity index (χ4n) is 0.827. The first kappa shape index (κ1) is 9.06. The molecule has 0 saturated carbocycles. The van der Waals surface area contributed by atoms with Crippen LogP contribution in [0.2, 0.25) is 0 Å². The zero-order valence-electron chi connectivity index (χ0n) is 6.49. The number of hydrogen-bond donors (Lipinski definition) is 1. The van der Waals surface area contributed by atoms with Gasteiger partial charge in [0.05, 0.1) is 5.69 Å². The molecular formula is C8H8BrNO2. The van der Waals surface area contributed by atoms with Crippen LogP contribution < -0.4 is 4.90 Å². The maximum atomic E-state index is 10.6. The first-order valence-electron chi connectivity index (χ1n) is 3.34. The van der Waals surface area contributed by atoms with Gasteiger partial charge in [0.15, 0.2) is 0 Å². The highest BCUT2D eigenvalue weighted by Crippen LogP contribution is 2.24. The lowest BCUT2D eigenvalue weighted by Gasteiger charge is -2.13. The number of nitrogens with zero attached hydrogens (tertiary/aromatic N) is 1. The summed E-state index contributed by atoms with van der Waals surface area (Å²) in [5.74, 6) is 0. The lowest BCUT2D eigenvalue weighted by molar-refractivity contribution is 0.203. The van der Waals surface area contributed by atoms with Crippen LogP contribution in [0.5, 0.6) is 0 Å². The van der Waals surface area contributed by atoms with Crippen molar-refractivity contribution in [3.05, 3.63) is 28.7 Å². The maximum Gasteiger partial charge on any atom is 0.411 e. The number of carbonyl (C=O) groups is 1. The Labute approximate surface area is 78.7 Å². The van der Waals surface area contributed by atoms with Crippen LogP contribution in [0.25, 0.3) is 0 Å². The molecule has 0 spiro atoms. The molecule has 4 heteroatoms. The van der Waals surface area contributed by atoms with Crippen LogP contribution >= 0.6 is 15.9 Å². The third-order valence-electron chi connectivity index (χ3n) is 1.50. The normalized spacial score (nSPS) is 9.50. The standard InChI is InChI=1S/C8H8BrNO2/c1-10(8(11)12)7-5-3-2-4-6(7)9/h2-5H,1H3,(H,11,12). The fraction of sp³-hybridized carbons (Fsp3) is 0.125. The van der Waals surface area contributed by atoms with Crippen molar-refractivity contribution in [2.75, 3.05) is 11.9 Å². The van der Waals surface area contributed by atoms with Crippen LogP contribution in [-0.2, 0) is 0 Å². The van der Waals surface area contributed by atoms with Gasteiger partial charge in [-0.3, -0.25) is 4.90 Å². The molecule has 0 aliphatic heterocycles. The van der Waals surface area contributed by atoms with E-state index in [0.717, 1.165) is 9.37 Å². The average molecular weight is 230 g/mol. The first-order chi connectivity index (χ1) is 5.63. The van der Waals surface area contributed by atoms with Gasteiger partial charge in [-0.2, -0.15) is 0 Å². The van der Waals surface area contributed by atoms with Gasteiger partial charge in [-0.25, -0.2) is 4.79 Å². The summed E-state index contributed by atoms with van der Waals surface area (Å²) in [4.78, 5) is 11.7. The Balaban J connectivity index is 3.02. The molecule has 0 saturated heterocycles. The monoisotopic (exact) mass is 229 g/mol. The molecule has 64 valence electrons. The summed E-state index contributed by atoms with van der Waals surface area (Å²) < 4.78 is 0.773. The number of benzene rings is 1. The van der Waals surface area contributed by atoms with Crippen molar-refractivity contribution in [2.45, 2.75) is 0 Å². The third-order valence-corrected chi connectivity index (χ3v) is 2.17. The second-order valence-corrected chi connectivity index (χ2v) is 3.15. The van der Waals surface area contributed by atoms with Crippen LogP contribution in [0.1, 0.15) is 0 Å². The maximum absolute atomic E-state index is 10.6. The predicted molar refractivity (Wildman–Crippen MR) is 50.6 cm³/mol. The molecule has 3 nitrogen and oxygen atoms in total. The zero-order valence-corrected chi connectivity index (χ0v) is 8.08. The average Bonchev–Trinajstić information content (AvgIpc) is 2.04. The predicted octanol–water partition coefficient (Wildman–Crippen LogP) is 2.56. The largest absolute Gasteiger partial charge is 0.465 e. The van der Waals surface area contributed by atoms with Crippen molar-refractivity contribution in [3.63, 3.8) is 0 Å². The van der Waals surface area contributed by atoms with Crippen molar-refractivity contribution >= 4 is 27.7 Å². The van der Waals surface area contributed by atoms with Gasteiger partial charge in [-0.1, -0.05) is 12.1 Å². The summed E-state index contributed by atoms with van der Waals surface area (Å²) in [6, 6.07) is 7.16. The molecule has 1 aromatic rings. The van der Waals surface area contributed by atoms with E-state index in [4.69, 9.17) is 5.11 Å². The molecule has 0 fully saturated rings. The van der Waals surface area contributed by atoms with Crippen LogP contribution in [0, 0.1) is 0 Å². The molecular weight excluding hydrogens is 222 g/mol. The summed E-state index contributed by atoms with van der Waals surface area (Å²) >= 11 is 3.26. The van der Waals surface area contributed by atoms with Gasteiger partial charge in [-0.15, -0.1) is 0 Å². The van der Waals surface area contributed by atoms with E-state index in [9.17, 15) is 4.79 Å². The lowest BCUT2D eigenvalue weighted by atomic mass is 10.3. The second-order valence-electron chi connectivity index (χ2n) is 2.29. The van der Waals surface area contributed by atoms with Crippen LogP contribution in [0.4, 0.5) is 10.5 Å². The molecule has 0 bridgehead atoms. The van der Waals surface area contributed by atoms with E-state index in [1.54, 1.807) is 18.2 Å². The van der Waals surface area contributed by atoms with Crippen LogP contribution in [0.15, 0.2) is 28.7 Å². The Morgan fingerprint density at radius 2 is 2.08 bits per heavy atom. The summed E-state index contributed by atoms with van der Waals surface area (Å²) in [5, 5.41) is 8.66. The van der Waals surface area contributed by atoms with Crippen molar-refractivity contribution in [2.24, 2.45) is 0 Å². The number of rotatable bonds is 1. The number of para-hydroxylation sites is 1. The second kappa shape index (κ2) is 3.58. The minimum atomic E-state index is -0.970. The fourth-order valence-corrected chi connectivity index (χ4v) is 1.38. The van der Waals surface area contributed by atoms with E-state index in [0.29, 0.717) is 5.69 Å². The Bertz CT molecular complexity index is 301. The van der Waals surface area contributed by atoms with Crippen LogP contribution in [0.3, 0.4) is 0 Å². The van der Waals surface area contributed by atoms with Gasteiger partial charge in [0.25, 0.3) is 0 Å². The van der Waals surface area contributed by atoms with Gasteiger partial charge in [-0.05, 0) is 28.1 Å². The van der Waals surface area contributed by atoms with E-state index in [1.807, 2.05) is 6.07 Å². The summed E-state index contributed by atoms with van der Waals surface area (Å²) in [5.41, 5.74) is 0.644. The van der Waals surface area contributed by atoms with Gasteiger partial charge >= 0.3 is 6.09 Å². The number of anilines is 1. The summed E-state index contributed by atoms with van der Waals surface area (Å²) in [6.45, 7) is 0. The molecule has 0 aliphatic rings. The number of hydrogen-bond acceptors (Lipinski definition) is 1. The van der Waals surface area contributed by atoms with Crippen molar-refractivity contribution < 1.29 is 9.90 Å². The quantitative estimate of drug-likeness (QED) is 0.805. The Hall–Kier alpha value is -1.03. The smallest absolute Gasteiger partial charge is 0.411 e. The molecule has 0 aromatic heterocycles. The lowest BCUT2D eigenvalue weighted by Crippen LogP contribution is -2.23. The highest BCUT2D eigenvalue weighted by atomic mass is 79.9. The van der Waals surface area contributed by atoms with Gasteiger partial charge < -0.3 is 5.11 Å². The van der Waals surface area contributed by atoms with Crippen molar-refractivity contribution in [1.82, 2.24) is 0 Å². The number of carboxylic acid groups (broad SMARTS) is 1. The van der Waals surface area contributed by atoms with E-state index in [2.05, 4.69) is 15.9 Å². The number of halogens is 1. The minimum Gasteiger partial charge on any atom is -0.465 e. The van der Waals surface area contributed by atoms with Gasteiger partial charge in [0.2, 0.25) is 0 Å². The highest BCUT2D eigenvalue weighted by molar-refractivity contribution is 9.10. The highest BCUT2D eigenvalue weighted by Gasteiger charge is 2.09. The Morgan fingerprint density at radius 3 is 2.58 bits per heavy atom. The minimum absolute atomic E-state index is 0.644. The van der Waals surface area contributed by atoms with E-state index < -0.39 is 6.09 Å². The van der Waals surface area contributed by atoms with Crippen molar-refractivity contribution in [3.8, 4) is 0 Å². The van der Waals surface area contributed by atoms with Gasteiger partial charge in [0, 0.05) is 11.5 Å². The summed E-state index contributed by atoms with van der Waals surface area (Å²) in [6.07, 6.45) is -0.970. The Morgan fingerprint density at radius 1 is 1.50 bits per heavy atom. The molecule has 1 amide bonds. The van der Waals surface area contributed by atoms with E-state index in [-0.39, 0.29) is 0 Å². The summed E-state index contributed by atoms with van der Waals surface area (Å²) in [7, 11) is 1.50. The van der Waals surface area contributed by atoms with E-state index >= 15 is 0 Å². The molecule has 1 rings (SSSR count). The molecule has 0 unspecified atom stereocenters. The molecule has 0 atom stereocenters. The SMILES string of the molecule is CN(C(=O)O)c1ccccc1Br. The molecule has 1 N–H and O–H groups in total. The topological polar surface area (TPSA) is 40.5 Å². The molecule has 0 aliphatic carbocycles. The molecule has 0 heterocycles. The Kier molecular flexibility index (Phi) is 2.70. The molecule has 0 radical (unpaired) electrons. The van der Waals surface area contributed by atoms with Gasteiger partial charge in [0.1, 0.15) is 0 Å². The zero-order chi connectivity index (χ0) is 9.14. The first-order valence-corrected chi connectivity index (χ1v) is 4.13. The van der Waals surface area contributed by atoms with E-state index in [1.165, 1.54) is 7.05 Å². The molecule has 12 heavy (non-hydrogen) atoms. The van der Waals surface area contributed by atoms with Crippen molar-refractivity contribution in [1.29, 1.82) is 0 Å². The number of amides is 1. The molecule has 1 aromatic carbocycles. The third kappa shape index (κ3) is 1.76.